The Bertz CT molecular complexity index is 1110. The highest BCUT2D eigenvalue weighted by Gasteiger charge is 2.10. The second-order valence-electron chi connectivity index (χ2n) is 6.75. The third-order valence-electron chi connectivity index (χ3n) is 4.52. The molecule has 3 aromatic rings. The fraction of sp³-hybridized carbons (Fsp3) is 0.125. The van der Waals surface area contributed by atoms with Crippen molar-refractivity contribution < 1.29 is 19.1 Å². The van der Waals surface area contributed by atoms with Gasteiger partial charge < -0.3 is 14.8 Å². The highest BCUT2D eigenvalue weighted by Crippen LogP contribution is 2.23. The van der Waals surface area contributed by atoms with Gasteiger partial charge in [0.05, 0.1) is 13.3 Å². The number of carbonyl (C=O) groups is 2. The SMILES string of the molecule is COc1ccc(C=NNC(=O)COc2ccc(C(=O)Nc3cccc(Cl)c3C)cc2)cc1. The normalized spacial score (nSPS) is 10.6. The van der Waals surface area contributed by atoms with Gasteiger partial charge in [-0.05, 0) is 78.7 Å². The van der Waals surface area contributed by atoms with Crippen LogP contribution in [0.2, 0.25) is 5.02 Å². The molecule has 0 fully saturated rings. The Hall–Kier alpha value is -3.84. The molecule has 0 aromatic heterocycles. The number of nitrogens with one attached hydrogen (secondary N) is 2. The van der Waals surface area contributed by atoms with Gasteiger partial charge in [-0.1, -0.05) is 17.7 Å². The molecule has 0 aliphatic rings. The minimum absolute atomic E-state index is 0.215. The Labute approximate surface area is 191 Å². The van der Waals surface area contributed by atoms with Gasteiger partial charge in [0.25, 0.3) is 11.8 Å². The molecule has 32 heavy (non-hydrogen) atoms. The summed E-state index contributed by atoms with van der Waals surface area (Å²) in [7, 11) is 1.59. The molecule has 0 spiro atoms. The summed E-state index contributed by atoms with van der Waals surface area (Å²) in [6.45, 7) is 1.62. The topological polar surface area (TPSA) is 89.0 Å². The number of benzene rings is 3. The fourth-order valence-corrected chi connectivity index (χ4v) is 2.86. The molecule has 0 radical (unpaired) electrons. The quantitative estimate of drug-likeness (QED) is 0.391. The first-order chi connectivity index (χ1) is 15.5. The van der Waals surface area contributed by atoms with Gasteiger partial charge in [-0.25, -0.2) is 5.43 Å². The average molecular weight is 452 g/mol. The smallest absolute Gasteiger partial charge is 0.277 e. The van der Waals surface area contributed by atoms with Crippen molar-refractivity contribution in [1.82, 2.24) is 5.43 Å². The fourth-order valence-electron chi connectivity index (χ4n) is 2.69. The molecule has 0 bridgehead atoms. The number of hydrogen-bond acceptors (Lipinski definition) is 5. The number of nitrogens with zero attached hydrogens (tertiary/aromatic N) is 1. The molecular formula is C24H22ClN3O4. The molecule has 164 valence electrons. The van der Waals surface area contributed by atoms with Crippen molar-refractivity contribution >= 4 is 35.3 Å². The monoisotopic (exact) mass is 451 g/mol. The maximum Gasteiger partial charge on any atom is 0.277 e. The van der Waals surface area contributed by atoms with Gasteiger partial charge in [0, 0.05) is 16.3 Å². The molecule has 2 amide bonds. The van der Waals surface area contributed by atoms with E-state index in [1.165, 1.54) is 6.21 Å². The first-order valence-corrected chi connectivity index (χ1v) is 10.1. The van der Waals surface area contributed by atoms with E-state index in [0.29, 0.717) is 22.0 Å². The summed E-state index contributed by atoms with van der Waals surface area (Å²) in [4.78, 5) is 24.3. The van der Waals surface area contributed by atoms with E-state index in [2.05, 4.69) is 15.8 Å². The number of carbonyl (C=O) groups excluding carboxylic acids is 2. The third kappa shape index (κ3) is 6.33. The van der Waals surface area contributed by atoms with Crippen molar-refractivity contribution in [1.29, 1.82) is 0 Å². The van der Waals surface area contributed by atoms with E-state index in [0.717, 1.165) is 16.9 Å². The summed E-state index contributed by atoms with van der Waals surface area (Å²) >= 11 is 6.08. The summed E-state index contributed by atoms with van der Waals surface area (Å²) < 4.78 is 10.5. The zero-order valence-electron chi connectivity index (χ0n) is 17.6. The number of methoxy groups -OCH3 is 1. The number of amides is 2. The maximum atomic E-state index is 12.4. The van der Waals surface area contributed by atoms with E-state index < -0.39 is 5.91 Å². The average Bonchev–Trinajstić information content (AvgIpc) is 2.81. The molecule has 0 saturated heterocycles. The molecular weight excluding hydrogens is 430 g/mol. The van der Waals surface area contributed by atoms with E-state index in [1.54, 1.807) is 61.7 Å². The van der Waals surface area contributed by atoms with Crippen LogP contribution in [0.15, 0.2) is 71.8 Å². The number of anilines is 1. The largest absolute Gasteiger partial charge is 0.497 e. The molecule has 2 N–H and O–H groups in total. The Kier molecular flexibility index (Phi) is 7.83. The lowest BCUT2D eigenvalue weighted by molar-refractivity contribution is -0.123. The molecule has 0 saturated carbocycles. The lowest BCUT2D eigenvalue weighted by Gasteiger charge is -2.10. The van der Waals surface area contributed by atoms with Crippen LogP contribution in [-0.4, -0.2) is 31.7 Å². The molecule has 0 atom stereocenters. The molecule has 0 aliphatic carbocycles. The number of hydrogen-bond donors (Lipinski definition) is 2. The summed E-state index contributed by atoms with van der Waals surface area (Å²) in [5.41, 5.74) is 5.10. The van der Waals surface area contributed by atoms with Gasteiger partial charge in [0.1, 0.15) is 11.5 Å². The van der Waals surface area contributed by atoms with Gasteiger partial charge >= 0.3 is 0 Å². The summed E-state index contributed by atoms with van der Waals surface area (Å²) in [6, 6.07) is 19.0. The van der Waals surface area contributed by atoms with Gasteiger partial charge in [0.15, 0.2) is 6.61 Å². The van der Waals surface area contributed by atoms with Crippen LogP contribution in [0.25, 0.3) is 0 Å². The van der Waals surface area contributed by atoms with Gasteiger partial charge in [-0.2, -0.15) is 5.10 Å². The van der Waals surface area contributed by atoms with Crippen LogP contribution in [0, 0.1) is 6.92 Å². The van der Waals surface area contributed by atoms with E-state index in [4.69, 9.17) is 21.1 Å². The molecule has 3 aromatic carbocycles. The molecule has 3 rings (SSSR count). The van der Waals surface area contributed by atoms with Crippen LogP contribution in [0.3, 0.4) is 0 Å². The van der Waals surface area contributed by atoms with E-state index in [9.17, 15) is 9.59 Å². The zero-order chi connectivity index (χ0) is 22.9. The van der Waals surface area contributed by atoms with Crippen LogP contribution >= 0.6 is 11.6 Å². The highest BCUT2D eigenvalue weighted by molar-refractivity contribution is 6.31. The van der Waals surface area contributed by atoms with E-state index in [1.807, 2.05) is 19.1 Å². The highest BCUT2D eigenvalue weighted by atomic mass is 35.5. The predicted octanol–water partition coefficient (Wildman–Crippen LogP) is 4.44. The first-order valence-electron chi connectivity index (χ1n) is 9.71. The van der Waals surface area contributed by atoms with Crippen LogP contribution < -0.4 is 20.2 Å². The predicted molar refractivity (Wildman–Crippen MR) is 125 cm³/mol. The standard InChI is InChI=1S/C24H22ClN3O4/c1-16-21(25)4-3-5-22(16)27-24(30)18-8-12-20(13-9-18)32-15-23(29)28-26-14-17-6-10-19(31-2)11-7-17/h3-14H,15H2,1-2H3,(H,27,30)(H,28,29). The maximum absolute atomic E-state index is 12.4. The molecule has 0 heterocycles. The van der Waals surface area contributed by atoms with Crippen molar-refractivity contribution in [3.8, 4) is 11.5 Å². The van der Waals surface area contributed by atoms with Crippen molar-refractivity contribution in [2.24, 2.45) is 5.10 Å². The van der Waals surface area contributed by atoms with Crippen molar-refractivity contribution in [3.63, 3.8) is 0 Å². The Morgan fingerprint density at radius 3 is 2.38 bits per heavy atom. The van der Waals surface area contributed by atoms with E-state index in [-0.39, 0.29) is 12.5 Å². The molecule has 0 unspecified atom stereocenters. The summed E-state index contributed by atoms with van der Waals surface area (Å²) in [5.74, 6) is 0.512. The van der Waals surface area contributed by atoms with Gasteiger partial charge in [0.2, 0.25) is 0 Å². The van der Waals surface area contributed by atoms with Crippen LogP contribution in [0.5, 0.6) is 11.5 Å². The minimum Gasteiger partial charge on any atom is -0.497 e. The minimum atomic E-state index is -0.409. The Balaban J connectivity index is 1.47. The first kappa shape index (κ1) is 22.8. The molecule has 8 heteroatoms. The second kappa shape index (κ2) is 11.0. The van der Waals surface area contributed by atoms with Crippen LogP contribution in [-0.2, 0) is 4.79 Å². The Morgan fingerprint density at radius 1 is 1.00 bits per heavy atom. The van der Waals surface area contributed by atoms with Gasteiger partial charge in [-0.15, -0.1) is 0 Å². The molecule has 7 nitrogen and oxygen atoms in total. The zero-order valence-corrected chi connectivity index (χ0v) is 18.3. The number of halogens is 1. The Morgan fingerprint density at radius 2 is 1.69 bits per heavy atom. The van der Waals surface area contributed by atoms with Crippen LogP contribution in [0.4, 0.5) is 5.69 Å². The van der Waals surface area contributed by atoms with Crippen molar-refractivity contribution in [2.75, 3.05) is 19.0 Å². The number of hydrazone groups is 1. The van der Waals surface area contributed by atoms with Crippen LogP contribution in [0.1, 0.15) is 21.5 Å². The number of rotatable bonds is 8. The van der Waals surface area contributed by atoms with E-state index >= 15 is 0 Å². The van der Waals surface area contributed by atoms with Gasteiger partial charge in [-0.3, -0.25) is 9.59 Å². The molecule has 0 aliphatic heterocycles. The summed E-state index contributed by atoms with van der Waals surface area (Å²) in [6.07, 6.45) is 1.52. The van der Waals surface area contributed by atoms with Crippen molar-refractivity contribution in [2.45, 2.75) is 6.92 Å². The second-order valence-corrected chi connectivity index (χ2v) is 7.15. The summed E-state index contributed by atoms with van der Waals surface area (Å²) in [5, 5.41) is 7.30. The third-order valence-corrected chi connectivity index (χ3v) is 4.93. The number of ether oxygens (including phenoxy) is 2. The lowest BCUT2D eigenvalue weighted by atomic mass is 10.1. The van der Waals surface area contributed by atoms with Crippen molar-refractivity contribution in [3.05, 3.63) is 88.4 Å². The lowest BCUT2D eigenvalue weighted by Crippen LogP contribution is -2.24.